The van der Waals surface area contributed by atoms with Crippen molar-refractivity contribution in [3.05, 3.63) is 45.6 Å². The average molecular weight is 341 g/mol. The number of aryl methyl sites for hydroxylation is 1. The standard InChI is InChI=1S/C14H15NO5S2/c1-9-2-3-12(7-13(9)14(17)18)22(19,20)15-5-4-11-6-10(16)8-21-11/h2-3,6-8,15-16H,4-5H2,1H3,(H,17,18). The predicted molar refractivity (Wildman–Crippen MR) is 83.0 cm³/mol. The summed E-state index contributed by atoms with van der Waals surface area (Å²) in [6, 6.07) is 5.57. The number of thiophene rings is 1. The van der Waals surface area contributed by atoms with E-state index in [4.69, 9.17) is 5.11 Å². The van der Waals surface area contributed by atoms with Gasteiger partial charge in [-0.05, 0) is 37.1 Å². The minimum Gasteiger partial charge on any atom is -0.507 e. The van der Waals surface area contributed by atoms with Crippen molar-refractivity contribution in [2.75, 3.05) is 6.54 Å². The predicted octanol–water partition coefficient (Wildman–Crippen LogP) is 1.98. The Balaban J connectivity index is 2.10. The topological polar surface area (TPSA) is 104 Å². The molecule has 22 heavy (non-hydrogen) atoms. The number of benzene rings is 1. The normalized spacial score (nSPS) is 11.5. The van der Waals surface area contributed by atoms with E-state index in [1.807, 2.05) is 0 Å². The van der Waals surface area contributed by atoms with Crippen LogP contribution < -0.4 is 4.72 Å². The molecule has 0 aliphatic carbocycles. The Labute approximate surface area is 132 Å². The first-order chi connectivity index (χ1) is 10.3. The zero-order valence-corrected chi connectivity index (χ0v) is 13.4. The van der Waals surface area contributed by atoms with Gasteiger partial charge in [-0.25, -0.2) is 17.9 Å². The Bertz CT molecular complexity index is 795. The van der Waals surface area contributed by atoms with Crippen molar-refractivity contribution >= 4 is 27.3 Å². The molecule has 0 bridgehead atoms. The average Bonchev–Trinajstić information content (AvgIpc) is 2.84. The smallest absolute Gasteiger partial charge is 0.335 e. The summed E-state index contributed by atoms with van der Waals surface area (Å²) in [7, 11) is -3.77. The third kappa shape index (κ3) is 3.85. The van der Waals surface area contributed by atoms with E-state index in [0.29, 0.717) is 12.0 Å². The van der Waals surface area contributed by atoms with Crippen molar-refractivity contribution in [3.8, 4) is 5.75 Å². The molecule has 2 rings (SSSR count). The number of hydrogen-bond acceptors (Lipinski definition) is 5. The highest BCUT2D eigenvalue weighted by Crippen LogP contribution is 2.20. The van der Waals surface area contributed by atoms with E-state index in [9.17, 15) is 18.3 Å². The van der Waals surface area contributed by atoms with Gasteiger partial charge in [-0.3, -0.25) is 0 Å². The number of hydrogen-bond donors (Lipinski definition) is 3. The van der Waals surface area contributed by atoms with Crippen molar-refractivity contribution in [1.29, 1.82) is 0 Å². The van der Waals surface area contributed by atoms with Crippen LogP contribution >= 0.6 is 11.3 Å². The fraction of sp³-hybridized carbons (Fsp3) is 0.214. The number of rotatable bonds is 6. The van der Waals surface area contributed by atoms with Crippen LogP contribution in [0, 0.1) is 6.92 Å². The van der Waals surface area contributed by atoms with Crippen molar-refractivity contribution in [2.45, 2.75) is 18.2 Å². The number of sulfonamides is 1. The van der Waals surface area contributed by atoms with E-state index in [0.717, 1.165) is 10.9 Å². The first kappa shape index (κ1) is 16.5. The minimum absolute atomic E-state index is 0.0361. The summed E-state index contributed by atoms with van der Waals surface area (Å²) >= 11 is 1.34. The summed E-state index contributed by atoms with van der Waals surface area (Å²) in [5.74, 6) is -1.00. The van der Waals surface area contributed by atoms with Gasteiger partial charge in [-0.2, -0.15) is 0 Å². The number of aromatic carboxylic acids is 1. The molecule has 1 aromatic carbocycles. The van der Waals surface area contributed by atoms with Gasteiger partial charge >= 0.3 is 5.97 Å². The number of carboxylic acid groups (broad SMARTS) is 1. The van der Waals surface area contributed by atoms with Gasteiger partial charge in [0.05, 0.1) is 10.5 Å². The van der Waals surface area contributed by atoms with E-state index in [2.05, 4.69) is 4.72 Å². The van der Waals surface area contributed by atoms with Crippen LogP contribution in [-0.2, 0) is 16.4 Å². The van der Waals surface area contributed by atoms with Gasteiger partial charge in [0.1, 0.15) is 5.75 Å². The first-order valence-corrected chi connectivity index (χ1v) is 8.76. The Kier molecular flexibility index (Phi) is 4.84. The molecule has 0 saturated carbocycles. The van der Waals surface area contributed by atoms with Crippen molar-refractivity contribution in [3.63, 3.8) is 0 Å². The molecule has 0 amide bonds. The number of carboxylic acids is 1. The second-order valence-electron chi connectivity index (χ2n) is 4.70. The maximum Gasteiger partial charge on any atom is 0.335 e. The van der Waals surface area contributed by atoms with E-state index in [1.54, 1.807) is 18.4 Å². The Hall–Kier alpha value is -1.90. The maximum absolute atomic E-state index is 12.2. The van der Waals surface area contributed by atoms with Gasteiger partial charge in [-0.15, -0.1) is 11.3 Å². The molecule has 6 nitrogen and oxygen atoms in total. The molecule has 1 aromatic heterocycles. The molecule has 0 spiro atoms. The SMILES string of the molecule is Cc1ccc(S(=O)(=O)NCCc2cc(O)cs2)cc1C(=O)O. The van der Waals surface area contributed by atoms with Crippen LogP contribution in [0.5, 0.6) is 5.75 Å². The molecule has 1 heterocycles. The van der Waals surface area contributed by atoms with Crippen LogP contribution in [0.2, 0.25) is 0 Å². The fourth-order valence-electron chi connectivity index (χ4n) is 1.89. The first-order valence-electron chi connectivity index (χ1n) is 6.39. The van der Waals surface area contributed by atoms with Crippen LogP contribution in [0.15, 0.2) is 34.5 Å². The van der Waals surface area contributed by atoms with E-state index in [-0.39, 0.29) is 22.8 Å². The van der Waals surface area contributed by atoms with E-state index in [1.165, 1.54) is 23.5 Å². The van der Waals surface area contributed by atoms with Gasteiger partial charge in [0.25, 0.3) is 0 Å². The molecule has 3 N–H and O–H groups in total. The molecule has 0 unspecified atom stereocenters. The summed E-state index contributed by atoms with van der Waals surface area (Å²) in [6.07, 6.45) is 0.447. The summed E-state index contributed by atoms with van der Waals surface area (Å²) in [6.45, 7) is 1.77. The Morgan fingerprint density at radius 3 is 2.64 bits per heavy atom. The highest BCUT2D eigenvalue weighted by atomic mass is 32.2. The fourth-order valence-corrected chi connectivity index (χ4v) is 3.70. The molecule has 0 fully saturated rings. The molecular formula is C14H15NO5S2. The monoisotopic (exact) mass is 341 g/mol. The largest absolute Gasteiger partial charge is 0.507 e. The Morgan fingerprint density at radius 1 is 1.32 bits per heavy atom. The molecule has 0 atom stereocenters. The molecule has 8 heteroatoms. The maximum atomic E-state index is 12.2. The highest BCUT2D eigenvalue weighted by Gasteiger charge is 2.17. The summed E-state index contributed by atoms with van der Waals surface area (Å²) < 4.78 is 26.8. The molecular weight excluding hydrogens is 326 g/mol. The lowest BCUT2D eigenvalue weighted by Gasteiger charge is -2.08. The lowest BCUT2D eigenvalue weighted by Crippen LogP contribution is -2.26. The molecule has 0 aliphatic rings. The number of carbonyl (C=O) groups is 1. The highest BCUT2D eigenvalue weighted by molar-refractivity contribution is 7.89. The van der Waals surface area contributed by atoms with Crippen LogP contribution in [0.25, 0.3) is 0 Å². The van der Waals surface area contributed by atoms with Crippen LogP contribution in [0.4, 0.5) is 0 Å². The second-order valence-corrected chi connectivity index (χ2v) is 7.46. The van der Waals surface area contributed by atoms with Gasteiger partial charge in [-0.1, -0.05) is 6.07 Å². The summed E-state index contributed by atoms with van der Waals surface area (Å²) in [4.78, 5) is 11.8. The minimum atomic E-state index is -3.77. The van der Waals surface area contributed by atoms with Crippen molar-refractivity contribution in [2.24, 2.45) is 0 Å². The van der Waals surface area contributed by atoms with E-state index < -0.39 is 16.0 Å². The second kappa shape index (κ2) is 6.47. The third-order valence-corrected chi connectivity index (χ3v) is 5.50. The number of nitrogens with one attached hydrogen (secondary N) is 1. The summed E-state index contributed by atoms with van der Waals surface area (Å²) in [5, 5.41) is 19.8. The third-order valence-electron chi connectivity index (χ3n) is 3.05. The molecule has 0 radical (unpaired) electrons. The van der Waals surface area contributed by atoms with Crippen molar-refractivity contribution in [1.82, 2.24) is 4.72 Å². The van der Waals surface area contributed by atoms with E-state index >= 15 is 0 Å². The van der Waals surface area contributed by atoms with Gasteiger partial charge in [0.15, 0.2) is 0 Å². The zero-order chi connectivity index (χ0) is 16.3. The Morgan fingerprint density at radius 2 is 2.05 bits per heavy atom. The van der Waals surface area contributed by atoms with Crippen molar-refractivity contribution < 1.29 is 23.4 Å². The lowest BCUT2D eigenvalue weighted by molar-refractivity contribution is 0.0696. The van der Waals surface area contributed by atoms with Crippen LogP contribution in [0.3, 0.4) is 0 Å². The van der Waals surface area contributed by atoms with Gasteiger partial charge in [0, 0.05) is 16.8 Å². The molecule has 118 valence electrons. The van der Waals surface area contributed by atoms with Crippen LogP contribution in [0.1, 0.15) is 20.8 Å². The molecule has 0 aliphatic heterocycles. The van der Waals surface area contributed by atoms with Crippen LogP contribution in [-0.4, -0.2) is 31.1 Å². The molecule has 2 aromatic rings. The zero-order valence-electron chi connectivity index (χ0n) is 11.7. The van der Waals surface area contributed by atoms with Gasteiger partial charge in [0.2, 0.25) is 10.0 Å². The molecule has 0 saturated heterocycles. The number of aromatic hydroxyl groups is 1. The summed E-state index contributed by atoms with van der Waals surface area (Å²) in [5.41, 5.74) is 0.464. The van der Waals surface area contributed by atoms with Gasteiger partial charge < -0.3 is 10.2 Å². The quantitative estimate of drug-likeness (QED) is 0.745. The lowest BCUT2D eigenvalue weighted by atomic mass is 10.1.